The maximum absolute atomic E-state index is 12.5. The van der Waals surface area contributed by atoms with Crippen LogP contribution >= 0.6 is 0 Å². The number of H-pyrrole nitrogens is 1. The molecule has 4 unspecified atom stereocenters. The number of hydrogen-bond acceptors (Lipinski definition) is 4. The number of rotatable bonds is 6. The Balaban J connectivity index is 1.44. The summed E-state index contributed by atoms with van der Waals surface area (Å²) in [7, 11) is 0. The Labute approximate surface area is 158 Å². The van der Waals surface area contributed by atoms with Crippen LogP contribution in [0.25, 0.3) is 11.4 Å². The van der Waals surface area contributed by atoms with Crippen molar-refractivity contribution in [3.8, 4) is 11.4 Å². The molecule has 2 fully saturated rings. The van der Waals surface area contributed by atoms with Gasteiger partial charge in [-0.2, -0.15) is 0 Å². The van der Waals surface area contributed by atoms with Gasteiger partial charge in [-0.05, 0) is 43.4 Å². The third kappa shape index (κ3) is 3.80. The quantitative estimate of drug-likeness (QED) is 0.822. The molecule has 2 aromatic rings. The average molecular weight is 366 g/mol. The zero-order chi connectivity index (χ0) is 18.8. The lowest BCUT2D eigenvalue weighted by atomic mass is 9.86. The summed E-state index contributed by atoms with van der Waals surface area (Å²) in [4.78, 5) is 27.9. The van der Waals surface area contributed by atoms with Gasteiger partial charge in [0.15, 0.2) is 11.5 Å². The summed E-state index contributed by atoms with van der Waals surface area (Å²) < 4.78 is 0. The Morgan fingerprint density at radius 1 is 1.22 bits per heavy atom. The normalized spacial score (nSPS) is 24.7. The van der Waals surface area contributed by atoms with Crippen molar-refractivity contribution in [3.05, 3.63) is 46.4 Å². The fourth-order valence-corrected chi connectivity index (χ4v) is 4.78. The summed E-state index contributed by atoms with van der Waals surface area (Å²) in [5, 5.41) is 11.3. The predicted octanol–water partition coefficient (Wildman–Crippen LogP) is 3.23. The number of benzene rings is 1. The molecule has 0 saturated heterocycles. The summed E-state index contributed by atoms with van der Waals surface area (Å²) in [6, 6.07) is 9.00. The monoisotopic (exact) mass is 366 g/mol. The Bertz CT molecular complexity index is 864. The highest BCUT2D eigenvalue weighted by molar-refractivity contribution is 5.76. The average Bonchev–Trinajstić information content (AvgIpc) is 3.30. The molecular weight excluding hydrogens is 340 g/mol. The summed E-state index contributed by atoms with van der Waals surface area (Å²) in [6.07, 6.45) is 6.24. The molecule has 4 rings (SSSR count). The number of amides is 1. The van der Waals surface area contributed by atoms with Crippen LogP contribution in [0.2, 0.25) is 0 Å². The molecule has 2 N–H and O–H groups in total. The van der Waals surface area contributed by atoms with Gasteiger partial charge in [0, 0.05) is 12.0 Å². The Kier molecular flexibility index (Phi) is 5.05. The van der Waals surface area contributed by atoms with E-state index in [0.29, 0.717) is 30.5 Å². The molecule has 2 bridgehead atoms. The number of carbonyl (C=O) groups is 1. The highest BCUT2D eigenvalue weighted by Gasteiger charge is 2.40. The Morgan fingerprint density at radius 2 is 2.04 bits per heavy atom. The molecule has 2 saturated carbocycles. The van der Waals surface area contributed by atoms with E-state index in [2.05, 4.69) is 20.5 Å². The topological polar surface area (TPSA) is 87.7 Å². The van der Waals surface area contributed by atoms with Gasteiger partial charge in [-0.3, -0.25) is 9.59 Å². The van der Waals surface area contributed by atoms with Crippen molar-refractivity contribution in [1.82, 2.24) is 20.5 Å². The number of nitrogens with zero attached hydrogens (tertiary/aromatic N) is 2. The van der Waals surface area contributed by atoms with Gasteiger partial charge in [-0.25, -0.2) is 0 Å². The molecule has 27 heavy (non-hydrogen) atoms. The molecule has 0 aliphatic heterocycles. The maximum atomic E-state index is 12.5. The lowest BCUT2D eigenvalue weighted by Gasteiger charge is -2.22. The van der Waals surface area contributed by atoms with Crippen molar-refractivity contribution in [1.29, 1.82) is 0 Å². The third-order valence-electron chi connectivity index (χ3n) is 6.18. The van der Waals surface area contributed by atoms with Crippen LogP contribution in [-0.2, 0) is 4.79 Å². The van der Waals surface area contributed by atoms with E-state index < -0.39 is 6.04 Å². The maximum Gasteiger partial charge on any atom is 0.275 e. The van der Waals surface area contributed by atoms with Crippen LogP contribution in [-0.4, -0.2) is 21.1 Å². The smallest absolute Gasteiger partial charge is 0.275 e. The van der Waals surface area contributed by atoms with Crippen LogP contribution in [0.5, 0.6) is 0 Å². The van der Waals surface area contributed by atoms with Crippen LogP contribution in [0.4, 0.5) is 0 Å². The van der Waals surface area contributed by atoms with Crippen molar-refractivity contribution in [3.63, 3.8) is 0 Å². The van der Waals surface area contributed by atoms with Gasteiger partial charge >= 0.3 is 0 Å². The first kappa shape index (κ1) is 17.9. The molecule has 6 heteroatoms. The SMILES string of the molecule is CCC(NC(=O)CC1CC2CCC1C2)c1nnc(-c2ccccc2)[nH]c1=O. The van der Waals surface area contributed by atoms with Gasteiger partial charge in [0.25, 0.3) is 5.56 Å². The second kappa shape index (κ2) is 7.62. The minimum absolute atomic E-state index is 0.0211. The molecule has 142 valence electrons. The number of aromatic amines is 1. The van der Waals surface area contributed by atoms with Crippen LogP contribution in [0.15, 0.2) is 35.1 Å². The van der Waals surface area contributed by atoms with Crippen LogP contribution in [0, 0.1) is 17.8 Å². The molecule has 6 nitrogen and oxygen atoms in total. The fraction of sp³-hybridized carbons (Fsp3) is 0.524. The third-order valence-corrected chi connectivity index (χ3v) is 6.18. The minimum Gasteiger partial charge on any atom is -0.347 e. The van der Waals surface area contributed by atoms with Gasteiger partial charge < -0.3 is 10.3 Å². The van der Waals surface area contributed by atoms with Crippen LogP contribution in [0.3, 0.4) is 0 Å². The highest BCUT2D eigenvalue weighted by Crippen LogP contribution is 2.49. The van der Waals surface area contributed by atoms with E-state index in [4.69, 9.17) is 0 Å². The van der Waals surface area contributed by atoms with Gasteiger partial charge in [-0.1, -0.05) is 43.7 Å². The van der Waals surface area contributed by atoms with Crippen LogP contribution < -0.4 is 10.9 Å². The Hall–Kier alpha value is -2.50. The van der Waals surface area contributed by atoms with Gasteiger partial charge in [0.2, 0.25) is 5.91 Å². The first-order valence-electron chi connectivity index (χ1n) is 9.95. The minimum atomic E-state index is -0.405. The van der Waals surface area contributed by atoms with E-state index >= 15 is 0 Å². The van der Waals surface area contributed by atoms with E-state index in [1.807, 2.05) is 37.3 Å². The zero-order valence-electron chi connectivity index (χ0n) is 15.6. The van der Waals surface area contributed by atoms with Crippen LogP contribution in [0.1, 0.15) is 57.2 Å². The van der Waals surface area contributed by atoms with E-state index in [1.165, 1.54) is 25.7 Å². The van der Waals surface area contributed by atoms with E-state index in [-0.39, 0.29) is 17.2 Å². The van der Waals surface area contributed by atoms with Crippen molar-refractivity contribution in [2.45, 2.75) is 51.5 Å². The van der Waals surface area contributed by atoms with Crippen molar-refractivity contribution >= 4 is 5.91 Å². The molecule has 2 aliphatic rings. The summed E-state index contributed by atoms with van der Waals surface area (Å²) >= 11 is 0. The van der Waals surface area contributed by atoms with Gasteiger partial charge in [0.1, 0.15) is 0 Å². The molecule has 2 aliphatic carbocycles. The lowest BCUT2D eigenvalue weighted by Crippen LogP contribution is -2.35. The van der Waals surface area contributed by atoms with E-state index in [0.717, 1.165) is 11.5 Å². The van der Waals surface area contributed by atoms with Crippen molar-refractivity contribution in [2.24, 2.45) is 17.8 Å². The van der Waals surface area contributed by atoms with Gasteiger partial charge in [-0.15, -0.1) is 10.2 Å². The number of aromatic nitrogens is 3. The molecule has 0 spiro atoms. The summed E-state index contributed by atoms with van der Waals surface area (Å²) in [6.45, 7) is 1.94. The van der Waals surface area contributed by atoms with Gasteiger partial charge in [0.05, 0.1) is 6.04 Å². The standard InChI is InChI=1S/C21H26N4O2/c1-2-17(22-18(26)12-16-11-13-8-9-15(16)10-13)19-21(27)23-20(25-24-19)14-6-4-3-5-7-14/h3-7,13,15-17H,2,8-12H2,1H3,(H,22,26)(H,23,25,27). The molecule has 1 aromatic heterocycles. The predicted molar refractivity (Wildman–Crippen MR) is 103 cm³/mol. The fourth-order valence-electron chi connectivity index (χ4n) is 4.78. The van der Waals surface area contributed by atoms with Crippen molar-refractivity contribution in [2.75, 3.05) is 0 Å². The second-order valence-electron chi connectivity index (χ2n) is 7.92. The number of hydrogen-bond donors (Lipinski definition) is 2. The highest BCUT2D eigenvalue weighted by atomic mass is 16.2. The lowest BCUT2D eigenvalue weighted by molar-refractivity contribution is -0.123. The Morgan fingerprint density at radius 3 is 2.67 bits per heavy atom. The number of carbonyl (C=O) groups excluding carboxylic acids is 1. The molecule has 1 amide bonds. The molecule has 1 heterocycles. The zero-order valence-corrected chi connectivity index (χ0v) is 15.6. The largest absolute Gasteiger partial charge is 0.347 e. The molecule has 0 radical (unpaired) electrons. The van der Waals surface area contributed by atoms with Crippen molar-refractivity contribution < 1.29 is 4.79 Å². The summed E-state index contributed by atoms with van der Waals surface area (Å²) in [5.74, 6) is 2.51. The second-order valence-corrected chi connectivity index (χ2v) is 7.92. The molecule has 1 aromatic carbocycles. The summed E-state index contributed by atoms with van der Waals surface area (Å²) in [5.41, 5.74) is 0.788. The first-order chi connectivity index (χ1) is 13.1. The number of fused-ring (bicyclic) bond motifs is 2. The first-order valence-corrected chi connectivity index (χ1v) is 9.95. The van der Waals surface area contributed by atoms with E-state index in [1.54, 1.807) is 0 Å². The molecular formula is C21H26N4O2. The number of nitrogens with one attached hydrogen (secondary N) is 2. The van der Waals surface area contributed by atoms with E-state index in [9.17, 15) is 9.59 Å². The molecule has 4 atom stereocenters.